The molecule has 28 heavy (non-hydrogen) atoms. The van der Waals surface area contributed by atoms with Crippen molar-refractivity contribution in [2.45, 2.75) is 0 Å². The largest absolute Gasteiger partial charge is 0.478 e. The van der Waals surface area contributed by atoms with Crippen molar-refractivity contribution in [3.05, 3.63) is 103 Å². The normalized spacial score (nSPS) is 11.1. The third kappa shape index (κ3) is 2.57. The topological polar surface area (TPSA) is 42.2 Å². The first-order chi connectivity index (χ1) is 13.7. The molecule has 0 radical (unpaired) electrons. The van der Waals surface area contributed by atoms with Crippen LogP contribution in [-0.4, -0.2) is 15.6 Å². The molecule has 5 aromatic rings. The Morgan fingerprint density at radius 2 is 1.36 bits per heavy atom. The van der Waals surface area contributed by atoms with Crippen molar-refractivity contribution in [2.75, 3.05) is 0 Å². The number of aromatic nitrogens is 1. The van der Waals surface area contributed by atoms with Crippen molar-refractivity contribution in [3.8, 4) is 16.8 Å². The molecule has 3 heteroatoms. The monoisotopic (exact) mass is 363 g/mol. The van der Waals surface area contributed by atoms with Gasteiger partial charge in [0.05, 0.1) is 16.6 Å². The van der Waals surface area contributed by atoms with Gasteiger partial charge < -0.3 is 9.67 Å². The summed E-state index contributed by atoms with van der Waals surface area (Å²) in [5, 5.41) is 11.6. The van der Waals surface area contributed by atoms with Gasteiger partial charge in [0.2, 0.25) is 0 Å². The fraction of sp³-hybridized carbons (Fsp3) is 0. The highest BCUT2D eigenvalue weighted by molar-refractivity contribution is 6.10. The van der Waals surface area contributed by atoms with Gasteiger partial charge in [-0.2, -0.15) is 0 Å². The smallest absolute Gasteiger partial charge is 0.335 e. The van der Waals surface area contributed by atoms with E-state index in [1.54, 1.807) is 18.2 Å². The molecule has 0 saturated carbocycles. The highest BCUT2D eigenvalue weighted by Gasteiger charge is 2.13. The fourth-order valence-electron chi connectivity index (χ4n) is 3.84. The van der Waals surface area contributed by atoms with Crippen molar-refractivity contribution in [1.29, 1.82) is 0 Å². The second-order valence-electron chi connectivity index (χ2n) is 6.81. The Hall–Kier alpha value is -3.85. The van der Waals surface area contributed by atoms with Crippen LogP contribution in [0.1, 0.15) is 10.4 Å². The molecule has 0 atom stereocenters. The van der Waals surface area contributed by atoms with Gasteiger partial charge in [-0.3, -0.25) is 0 Å². The molecule has 3 nitrogen and oxygen atoms in total. The summed E-state index contributed by atoms with van der Waals surface area (Å²) in [6.07, 6.45) is 0. The summed E-state index contributed by atoms with van der Waals surface area (Å²) < 4.78 is 2.27. The lowest BCUT2D eigenvalue weighted by Gasteiger charge is -2.08. The minimum absolute atomic E-state index is 0.296. The van der Waals surface area contributed by atoms with Crippen LogP contribution in [0.3, 0.4) is 0 Å². The molecule has 5 rings (SSSR count). The van der Waals surface area contributed by atoms with E-state index in [0.717, 1.165) is 33.2 Å². The van der Waals surface area contributed by atoms with E-state index >= 15 is 0 Å². The molecule has 0 aliphatic heterocycles. The van der Waals surface area contributed by atoms with Gasteiger partial charge in [-0.25, -0.2) is 4.79 Å². The predicted molar refractivity (Wildman–Crippen MR) is 113 cm³/mol. The second kappa shape index (κ2) is 6.39. The Bertz CT molecular complexity index is 1330. The lowest BCUT2D eigenvalue weighted by atomic mass is 10.0. The van der Waals surface area contributed by atoms with E-state index in [4.69, 9.17) is 0 Å². The first kappa shape index (κ1) is 16.3. The molecule has 0 unspecified atom stereocenters. The zero-order valence-electron chi connectivity index (χ0n) is 15.0. The van der Waals surface area contributed by atoms with Gasteiger partial charge in [-0.15, -0.1) is 0 Å². The van der Waals surface area contributed by atoms with Crippen LogP contribution in [0.4, 0.5) is 0 Å². The average molecular weight is 363 g/mol. The maximum absolute atomic E-state index is 11.3. The Labute approximate surface area is 162 Å². The number of carboxylic acids is 1. The summed E-state index contributed by atoms with van der Waals surface area (Å²) in [6, 6.07) is 32.1. The van der Waals surface area contributed by atoms with Gasteiger partial charge >= 0.3 is 5.97 Å². The lowest BCUT2D eigenvalue weighted by Crippen LogP contribution is -1.95. The molecule has 1 aromatic heterocycles. The molecule has 1 heterocycles. The van der Waals surface area contributed by atoms with E-state index in [1.165, 1.54) is 5.39 Å². The van der Waals surface area contributed by atoms with Crippen LogP contribution in [0.25, 0.3) is 38.6 Å². The second-order valence-corrected chi connectivity index (χ2v) is 6.81. The molecular formula is C25H17NO2. The minimum atomic E-state index is -0.913. The van der Waals surface area contributed by atoms with E-state index in [1.807, 2.05) is 24.3 Å². The first-order valence-corrected chi connectivity index (χ1v) is 9.15. The lowest BCUT2D eigenvalue weighted by molar-refractivity contribution is 0.0697. The van der Waals surface area contributed by atoms with Gasteiger partial charge in [-0.05, 0) is 53.6 Å². The van der Waals surface area contributed by atoms with Crippen LogP contribution < -0.4 is 0 Å². The van der Waals surface area contributed by atoms with Gasteiger partial charge in [-0.1, -0.05) is 54.6 Å². The number of nitrogens with zero attached hydrogens (tertiary/aromatic N) is 1. The molecule has 0 spiro atoms. The van der Waals surface area contributed by atoms with Crippen molar-refractivity contribution < 1.29 is 9.90 Å². The molecule has 0 bridgehead atoms. The SMILES string of the molecule is O=C(O)c1cccc(-c2ccc3c(c2)c2ccccc2n3-c2ccccc2)c1. The Kier molecular flexibility index (Phi) is 3.73. The molecular weight excluding hydrogens is 346 g/mol. The summed E-state index contributed by atoms with van der Waals surface area (Å²) in [4.78, 5) is 11.3. The number of fused-ring (bicyclic) bond motifs is 3. The summed E-state index contributed by atoms with van der Waals surface area (Å²) in [7, 11) is 0. The summed E-state index contributed by atoms with van der Waals surface area (Å²) in [5.74, 6) is -0.913. The van der Waals surface area contributed by atoms with E-state index in [9.17, 15) is 9.90 Å². The molecule has 134 valence electrons. The first-order valence-electron chi connectivity index (χ1n) is 9.15. The number of hydrogen-bond donors (Lipinski definition) is 1. The molecule has 0 saturated heterocycles. The van der Waals surface area contributed by atoms with Crippen LogP contribution in [0.2, 0.25) is 0 Å². The molecule has 0 fully saturated rings. The van der Waals surface area contributed by atoms with E-state index in [0.29, 0.717) is 5.56 Å². The highest BCUT2D eigenvalue weighted by Crippen LogP contribution is 2.34. The minimum Gasteiger partial charge on any atom is -0.478 e. The zero-order valence-corrected chi connectivity index (χ0v) is 15.0. The molecule has 4 aromatic carbocycles. The van der Waals surface area contributed by atoms with E-state index in [2.05, 4.69) is 59.2 Å². The van der Waals surface area contributed by atoms with Gasteiger partial charge in [0.1, 0.15) is 0 Å². The average Bonchev–Trinajstić information content (AvgIpc) is 3.08. The van der Waals surface area contributed by atoms with Gasteiger partial charge in [0, 0.05) is 16.5 Å². The van der Waals surface area contributed by atoms with Gasteiger partial charge in [0.25, 0.3) is 0 Å². The van der Waals surface area contributed by atoms with Crippen LogP contribution >= 0.6 is 0 Å². The number of carboxylic acid groups (broad SMARTS) is 1. The number of hydrogen-bond acceptors (Lipinski definition) is 1. The number of carbonyl (C=O) groups is 1. The molecule has 1 N–H and O–H groups in total. The van der Waals surface area contributed by atoms with Crippen LogP contribution in [0.5, 0.6) is 0 Å². The standard InChI is InChI=1S/C25H17NO2/c27-25(28)19-8-6-7-17(15-19)18-13-14-24-22(16-18)21-11-4-5-12-23(21)26(24)20-9-2-1-3-10-20/h1-16H,(H,27,28). The number of aromatic carboxylic acids is 1. The zero-order chi connectivity index (χ0) is 19.1. The quantitative estimate of drug-likeness (QED) is 0.418. The van der Waals surface area contributed by atoms with Gasteiger partial charge in [0.15, 0.2) is 0 Å². The van der Waals surface area contributed by atoms with E-state index in [-0.39, 0.29) is 0 Å². The van der Waals surface area contributed by atoms with Crippen LogP contribution in [-0.2, 0) is 0 Å². The van der Waals surface area contributed by atoms with Crippen molar-refractivity contribution in [1.82, 2.24) is 4.57 Å². The Balaban J connectivity index is 1.79. The van der Waals surface area contributed by atoms with Crippen molar-refractivity contribution in [3.63, 3.8) is 0 Å². The van der Waals surface area contributed by atoms with Crippen molar-refractivity contribution >= 4 is 27.8 Å². The Morgan fingerprint density at radius 3 is 2.18 bits per heavy atom. The molecule has 0 amide bonds. The third-order valence-electron chi connectivity index (χ3n) is 5.13. The maximum atomic E-state index is 11.3. The fourth-order valence-corrected chi connectivity index (χ4v) is 3.84. The summed E-state index contributed by atoms with van der Waals surface area (Å²) in [5.41, 5.74) is 5.61. The Morgan fingerprint density at radius 1 is 0.643 bits per heavy atom. The summed E-state index contributed by atoms with van der Waals surface area (Å²) >= 11 is 0. The van der Waals surface area contributed by atoms with Crippen molar-refractivity contribution in [2.24, 2.45) is 0 Å². The number of benzene rings is 4. The molecule has 0 aliphatic carbocycles. The predicted octanol–water partition coefficient (Wildman–Crippen LogP) is 6.15. The summed E-state index contributed by atoms with van der Waals surface area (Å²) in [6.45, 7) is 0. The van der Waals surface area contributed by atoms with Crippen LogP contribution in [0, 0.1) is 0 Å². The van der Waals surface area contributed by atoms with Crippen LogP contribution in [0.15, 0.2) is 97.1 Å². The molecule has 0 aliphatic rings. The maximum Gasteiger partial charge on any atom is 0.335 e. The number of para-hydroxylation sites is 2. The number of rotatable bonds is 3. The highest BCUT2D eigenvalue weighted by atomic mass is 16.4. The van der Waals surface area contributed by atoms with E-state index < -0.39 is 5.97 Å². The third-order valence-corrected chi connectivity index (χ3v) is 5.13.